The summed E-state index contributed by atoms with van der Waals surface area (Å²) >= 11 is 0. The molecule has 0 bridgehead atoms. The molecule has 1 aliphatic rings. The summed E-state index contributed by atoms with van der Waals surface area (Å²) in [5.74, 6) is -0.0654. The van der Waals surface area contributed by atoms with Crippen molar-refractivity contribution in [3.8, 4) is 0 Å². The van der Waals surface area contributed by atoms with Gasteiger partial charge in [0.1, 0.15) is 5.82 Å². The minimum atomic E-state index is -0.917. The van der Waals surface area contributed by atoms with E-state index in [1.807, 2.05) is 13.8 Å². The number of aromatic nitrogens is 1. The fourth-order valence-electron chi connectivity index (χ4n) is 2.10. The van der Waals surface area contributed by atoms with Crippen LogP contribution < -0.4 is 5.32 Å². The summed E-state index contributed by atoms with van der Waals surface area (Å²) in [6.45, 7) is 5.50. The Labute approximate surface area is 113 Å². The Balaban J connectivity index is 2.20. The van der Waals surface area contributed by atoms with E-state index in [9.17, 15) is 4.79 Å². The summed E-state index contributed by atoms with van der Waals surface area (Å²) in [4.78, 5) is 15.6. The van der Waals surface area contributed by atoms with Gasteiger partial charge in [-0.3, -0.25) is 0 Å². The highest BCUT2D eigenvalue weighted by Crippen LogP contribution is 2.20. The Morgan fingerprint density at radius 3 is 2.68 bits per heavy atom. The van der Waals surface area contributed by atoms with E-state index in [1.54, 1.807) is 12.1 Å². The van der Waals surface area contributed by atoms with E-state index in [2.05, 4.69) is 10.3 Å². The highest BCUT2D eigenvalue weighted by Gasteiger charge is 2.16. The Bertz CT molecular complexity index is 454. The first-order chi connectivity index (χ1) is 9.06. The van der Waals surface area contributed by atoms with Crippen molar-refractivity contribution in [2.24, 2.45) is 0 Å². The monoisotopic (exact) mass is 264 g/mol. The Morgan fingerprint density at radius 2 is 2.11 bits per heavy atom. The molecule has 0 radical (unpaired) electrons. The number of nitrogens with one attached hydrogen (secondary N) is 1. The van der Waals surface area contributed by atoms with Crippen LogP contribution in [-0.4, -0.2) is 35.3 Å². The van der Waals surface area contributed by atoms with Crippen LogP contribution in [0.1, 0.15) is 48.7 Å². The Morgan fingerprint density at radius 1 is 1.42 bits per heavy atom. The fraction of sp³-hybridized carbons (Fsp3) is 0.571. The molecular formula is C14H20N2O3. The van der Waals surface area contributed by atoms with E-state index in [4.69, 9.17) is 9.84 Å². The van der Waals surface area contributed by atoms with Gasteiger partial charge in [0.25, 0.3) is 0 Å². The molecule has 19 heavy (non-hydrogen) atoms. The van der Waals surface area contributed by atoms with Gasteiger partial charge in [-0.15, -0.1) is 0 Å². The van der Waals surface area contributed by atoms with Crippen LogP contribution in [0.15, 0.2) is 12.1 Å². The molecule has 2 heterocycles. The molecule has 1 fully saturated rings. The van der Waals surface area contributed by atoms with Gasteiger partial charge in [0.2, 0.25) is 0 Å². The minimum Gasteiger partial charge on any atom is -0.478 e. The number of carboxylic acids is 1. The number of hydrogen-bond donors (Lipinski definition) is 2. The SMILES string of the molecule is CC(C)c1cc(C(=O)O)cc(NC2CCOCC2)n1. The lowest BCUT2D eigenvalue weighted by Gasteiger charge is -2.24. The zero-order valence-electron chi connectivity index (χ0n) is 11.3. The summed E-state index contributed by atoms with van der Waals surface area (Å²) < 4.78 is 5.31. The largest absolute Gasteiger partial charge is 0.478 e. The molecule has 0 aliphatic carbocycles. The van der Waals surface area contributed by atoms with Crippen molar-refractivity contribution in [3.05, 3.63) is 23.4 Å². The van der Waals surface area contributed by atoms with Gasteiger partial charge in [0.15, 0.2) is 0 Å². The molecule has 1 aromatic rings. The summed E-state index contributed by atoms with van der Waals surface area (Å²) in [7, 11) is 0. The smallest absolute Gasteiger partial charge is 0.335 e. The van der Waals surface area contributed by atoms with Crippen molar-refractivity contribution < 1.29 is 14.6 Å². The maximum Gasteiger partial charge on any atom is 0.335 e. The van der Waals surface area contributed by atoms with Crippen LogP contribution in [-0.2, 0) is 4.74 Å². The number of carboxylic acid groups (broad SMARTS) is 1. The van der Waals surface area contributed by atoms with Crippen molar-refractivity contribution in [3.63, 3.8) is 0 Å². The zero-order valence-corrected chi connectivity index (χ0v) is 11.3. The summed E-state index contributed by atoms with van der Waals surface area (Å²) in [5, 5.41) is 12.5. The molecule has 0 unspecified atom stereocenters. The highest BCUT2D eigenvalue weighted by molar-refractivity contribution is 5.88. The predicted octanol–water partition coefficient (Wildman–Crippen LogP) is 2.49. The second kappa shape index (κ2) is 6.02. The second-order valence-electron chi connectivity index (χ2n) is 5.16. The van der Waals surface area contributed by atoms with Crippen LogP contribution in [0.3, 0.4) is 0 Å². The van der Waals surface area contributed by atoms with Gasteiger partial charge in [0, 0.05) is 24.9 Å². The van der Waals surface area contributed by atoms with E-state index in [0.29, 0.717) is 11.9 Å². The molecule has 0 spiro atoms. The molecule has 0 atom stereocenters. The molecule has 1 saturated heterocycles. The minimum absolute atomic E-state index is 0.203. The van der Waals surface area contributed by atoms with E-state index >= 15 is 0 Å². The van der Waals surface area contributed by atoms with Gasteiger partial charge in [0.05, 0.1) is 5.56 Å². The Hall–Kier alpha value is -1.62. The quantitative estimate of drug-likeness (QED) is 0.874. The first-order valence-electron chi connectivity index (χ1n) is 6.66. The number of rotatable bonds is 4. The molecule has 1 aromatic heterocycles. The van der Waals surface area contributed by atoms with Crippen LogP contribution in [0.2, 0.25) is 0 Å². The standard InChI is InChI=1S/C14H20N2O3/c1-9(2)12-7-10(14(17)18)8-13(16-12)15-11-3-5-19-6-4-11/h7-9,11H,3-6H2,1-2H3,(H,15,16)(H,17,18). The zero-order chi connectivity index (χ0) is 13.8. The molecule has 104 valence electrons. The molecule has 5 nitrogen and oxygen atoms in total. The van der Waals surface area contributed by atoms with Crippen molar-refractivity contribution in [1.29, 1.82) is 0 Å². The topological polar surface area (TPSA) is 71.5 Å². The molecule has 2 rings (SSSR count). The lowest BCUT2D eigenvalue weighted by Crippen LogP contribution is -2.28. The maximum atomic E-state index is 11.1. The summed E-state index contributed by atoms with van der Waals surface area (Å²) in [5.41, 5.74) is 1.09. The number of anilines is 1. The van der Waals surface area contributed by atoms with Crippen LogP contribution >= 0.6 is 0 Å². The number of hydrogen-bond acceptors (Lipinski definition) is 4. The number of pyridine rings is 1. The lowest BCUT2D eigenvalue weighted by atomic mass is 10.1. The van der Waals surface area contributed by atoms with Gasteiger partial charge in [-0.25, -0.2) is 9.78 Å². The third-order valence-corrected chi connectivity index (χ3v) is 3.26. The van der Waals surface area contributed by atoms with Crippen LogP contribution in [0.5, 0.6) is 0 Å². The van der Waals surface area contributed by atoms with Gasteiger partial charge >= 0.3 is 5.97 Å². The normalized spacial score (nSPS) is 16.6. The number of carbonyl (C=O) groups is 1. The summed E-state index contributed by atoms with van der Waals surface area (Å²) in [6.07, 6.45) is 1.85. The fourth-order valence-corrected chi connectivity index (χ4v) is 2.10. The van der Waals surface area contributed by atoms with Crippen molar-refractivity contribution >= 4 is 11.8 Å². The van der Waals surface area contributed by atoms with Crippen molar-refractivity contribution in [1.82, 2.24) is 4.98 Å². The number of nitrogens with zero attached hydrogens (tertiary/aromatic N) is 1. The van der Waals surface area contributed by atoms with E-state index < -0.39 is 5.97 Å². The molecule has 1 aliphatic heterocycles. The van der Waals surface area contributed by atoms with Gasteiger partial charge in [-0.05, 0) is 30.9 Å². The van der Waals surface area contributed by atoms with Gasteiger partial charge < -0.3 is 15.2 Å². The second-order valence-corrected chi connectivity index (χ2v) is 5.16. The predicted molar refractivity (Wildman–Crippen MR) is 72.7 cm³/mol. The van der Waals surface area contributed by atoms with Crippen LogP contribution in [0.4, 0.5) is 5.82 Å². The maximum absolute atomic E-state index is 11.1. The molecular weight excluding hydrogens is 244 g/mol. The van der Waals surface area contributed by atoms with Gasteiger partial charge in [-0.2, -0.15) is 0 Å². The third kappa shape index (κ3) is 3.67. The van der Waals surface area contributed by atoms with Crippen molar-refractivity contribution in [2.75, 3.05) is 18.5 Å². The average molecular weight is 264 g/mol. The first-order valence-corrected chi connectivity index (χ1v) is 6.66. The average Bonchev–Trinajstić information content (AvgIpc) is 2.39. The van der Waals surface area contributed by atoms with Crippen molar-refractivity contribution in [2.45, 2.75) is 38.6 Å². The highest BCUT2D eigenvalue weighted by atomic mass is 16.5. The van der Waals surface area contributed by atoms with E-state index in [-0.39, 0.29) is 11.5 Å². The molecule has 0 saturated carbocycles. The summed E-state index contributed by atoms with van der Waals surface area (Å²) in [6, 6.07) is 3.55. The lowest BCUT2D eigenvalue weighted by molar-refractivity contribution is 0.0696. The molecule has 5 heteroatoms. The van der Waals surface area contributed by atoms with Crippen LogP contribution in [0, 0.1) is 0 Å². The Kier molecular flexibility index (Phi) is 4.37. The van der Waals surface area contributed by atoms with E-state index in [0.717, 1.165) is 31.7 Å². The number of ether oxygens (including phenoxy) is 1. The third-order valence-electron chi connectivity index (χ3n) is 3.26. The van der Waals surface area contributed by atoms with Crippen LogP contribution in [0.25, 0.3) is 0 Å². The first kappa shape index (κ1) is 13.8. The molecule has 0 amide bonds. The van der Waals surface area contributed by atoms with Gasteiger partial charge in [-0.1, -0.05) is 13.8 Å². The number of aromatic carboxylic acids is 1. The van der Waals surface area contributed by atoms with E-state index in [1.165, 1.54) is 0 Å². The molecule has 2 N–H and O–H groups in total. The molecule has 0 aromatic carbocycles.